The average molecular weight is 468 g/mol. The fraction of sp³-hybridized carbons (Fsp3) is 0.600. The number of hydrogen-bond acceptors (Lipinski definition) is 5. The van der Waals surface area contributed by atoms with Crippen LogP contribution in [-0.2, 0) is 16.0 Å². The summed E-state index contributed by atoms with van der Waals surface area (Å²) < 4.78 is 0. The second-order valence-electron chi connectivity index (χ2n) is 9.07. The normalized spacial score (nSPS) is 17.5. The Morgan fingerprint density at radius 3 is 2.15 bits per heavy atom. The van der Waals surface area contributed by atoms with Gasteiger partial charge in [-0.1, -0.05) is 62.5 Å². The smallest absolute Gasteiger partial charge is 0.262 e. The van der Waals surface area contributed by atoms with Crippen LogP contribution in [0.1, 0.15) is 103 Å². The van der Waals surface area contributed by atoms with E-state index in [1.54, 1.807) is 12.1 Å². The molecule has 2 aliphatic rings. The van der Waals surface area contributed by atoms with E-state index < -0.39 is 23.8 Å². The van der Waals surface area contributed by atoms with Gasteiger partial charge in [0, 0.05) is 17.9 Å². The lowest BCUT2D eigenvalue weighted by Crippen LogP contribution is -2.54. The lowest BCUT2D eigenvalue weighted by atomic mass is 10.0. The molecule has 0 saturated carbocycles. The Hall–Kier alpha value is -3.19. The highest BCUT2D eigenvalue weighted by molar-refractivity contribution is 6.23. The molecule has 182 valence electrons. The molecule has 1 N–H and O–H groups in total. The van der Waals surface area contributed by atoms with Crippen molar-refractivity contribution in [2.24, 2.45) is 5.11 Å². The first-order chi connectivity index (χ1) is 16.5. The minimum absolute atomic E-state index is 0.119. The van der Waals surface area contributed by atoms with Crippen LogP contribution in [0.2, 0.25) is 0 Å². The van der Waals surface area contributed by atoms with Crippen LogP contribution in [0.15, 0.2) is 23.3 Å². The van der Waals surface area contributed by atoms with E-state index in [-0.39, 0.29) is 18.7 Å². The van der Waals surface area contributed by atoms with Crippen molar-refractivity contribution >= 4 is 23.6 Å². The summed E-state index contributed by atoms with van der Waals surface area (Å²) in [5.41, 5.74) is 9.93. The van der Waals surface area contributed by atoms with Crippen molar-refractivity contribution < 1.29 is 19.2 Å². The van der Waals surface area contributed by atoms with Crippen LogP contribution < -0.4 is 5.32 Å². The van der Waals surface area contributed by atoms with Crippen molar-refractivity contribution in [1.29, 1.82) is 0 Å². The number of unbranched alkanes of at least 4 members (excludes halogenated alkanes) is 9. The highest BCUT2D eigenvalue weighted by Crippen LogP contribution is 2.28. The third kappa shape index (κ3) is 6.67. The van der Waals surface area contributed by atoms with Crippen molar-refractivity contribution in [2.45, 2.75) is 89.5 Å². The van der Waals surface area contributed by atoms with Crippen molar-refractivity contribution in [3.63, 3.8) is 0 Å². The number of carbonyl (C=O) groups is 4. The van der Waals surface area contributed by atoms with Gasteiger partial charge in [-0.15, -0.1) is 0 Å². The number of imide groups is 2. The Bertz CT molecular complexity index is 970. The second-order valence-corrected chi connectivity index (χ2v) is 9.07. The van der Waals surface area contributed by atoms with E-state index in [4.69, 9.17) is 5.53 Å². The molecule has 0 spiro atoms. The lowest BCUT2D eigenvalue weighted by molar-refractivity contribution is -0.136. The van der Waals surface area contributed by atoms with Gasteiger partial charge in [0.25, 0.3) is 11.8 Å². The Morgan fingerprint density at radius 2 is 1.50 bits per heavy atom. The molecule has 1 aromatic carbocycles. The fourth-order valence-corrected chi connectivity index (χ4v) is 4.64. The molecular weight excluding hydrogens is 434 g/mol. The van der Waals surface area contributed by atoms with Crippen LogP contribution in [0.4, 0.5) is 0 Å². The molecule has 4 amide bonds. The summed E-state index contributed by atoms with van der Waals surface area (Å²) in [6, 6.07) is 4.43. The zero-order valence-electron chi connectivity index (χ0n) is 19.6. The number of carbonyl (C=O) groups excluding carboxylic acids is 4. The molecule has 0 bridgehead atoms. The maximum Gasteiger partial charge on any atom is 0.262 e. The number of rotatable bonds is 14. The Morgan fingerprint density at radius 1 is 0.882 bits per heavy atom. The maximum atomic E-state index is 12.9. The molecule has 1 atom stereocenters. The topological polar surface area (TPSA) is 132 Å². The molecule has 1 fully saturated rings. The monoisotopic (exact) mass is 467 g/mol. The quantitative estimate of drug-likeness (QED) is 0.138. The molecule has 3 rings (SSSR count). The standard InChI is InChI=1S/C25H33N5O4/c26-29-27-16-10-8-6-4-2-1-3-5-7-9-11-18-12-13-19-20(17-18)25(34)30(24(19)33)21-14-15-22(31)28-23(21)32/h12-13,17,21H,1-11,14-16H2,(H,28,31,32). The predicted octanol–water partition coefficient (Wildman–Crippen LogP) is 4.84. The molecule has 9 heteroatoms. The van der Waals surface area contributed by atoms with E-state index in [0.717, 1.165) is 42.6 Å². The molecule has 2 heterocycles. The van der Waals surface area contributed by atoms with E-state index in [1.807, 2.05) is 6.07 Å². The molecule has 1 aromatic rings. The van der Waals surface area contributed by atoms with Gasteiger partial charge in [-0.3, -0.25) is 29.4 Å². The van der Waals surface area contributed by atoms with E-state index in [0.29, 0.717) is 17.7 Å². The predicted molar refractivity (Wildman–Crippen MR) is 127 cm³/mol. The van der Waals surface area contributed by atoms with Gasteiger partial charge < -0.3 is 0 Å². The summed E-state index contributed by atoms with van der Waals surface area (Å²) in [5, 5.41) is 5.76. The van der Waals surface area contributed by atoms with Crippen LogP contribution in [0.25, 0.3) is 10.4 Å². The number of nitrogens with zero attached hydrogens (tertiary/aromatic N) is 4. The third-order valence-corrected chi connectivity index (χ3v) is 6.54. The Labute approximate surface area is 199 Å². The Kier molecular flexibility index (Phi) is 9.64. The van der Waals surface area contributed by atoms with E-state index in [9.17, 15) is 19.2 Å². The first-order valence-corrected chi connectivity index (χ1v) is 12.4. The van der Waals surface area contributed by atoms with Crippen molar-refractivity contribution in [1.82, 2.24) is 10.2 Å². The molecule has 34 heavy (non-hydrogen) atoms. The number of hydrogen-bond donors (Lipinski definition) is 1. The summed E-state index contributed by atoms with van der Waals surface area (Å²) in [7, 11) is 0. The van der Waals surface area contributed by atoms with Crippen LogP contribution in [0.5, 0.6) is 0 Å². The second kappa shape index (κ2) is 12.9. The zero-order valence-corrected chi connectivity index (χ0v) is 19.6. The molecule has 2 aliphatic heterocycles. The van der Waals surface area contributed by atoms with Gasteiger partial charge in [-0.05, 0) is 48.9 Å². The largest absolute Gasteiger partial charge is 0.295 e. The number of amides is 4. The van der Waals surface area contributed by atoms with Crippen LogP contribution in [0.3, 0.4) is 0 Å². The fourth-order valence-electron chi connectivity index (χ4n) is 4.64. The number of aryl methyl sites for hydroxylation is 1. The van der Waals surface area contributed by atoms with E-state index in [1.165, 1.54) is 38.5 Å². The van der Waals surface area contributed by atoms with Crippen molar-refractivity contribution in [2.75, 3.05) is 6.54 Å². The molecule has 0 aromatic heterocycles. The lowest BCUT2D eigenvalue weighted by Gasteiger charge is -2.27. The van der Waals surface area contributed by atoms with Gasteiger partial charge in [0.1, 0.15) is 6.04 Å². The first-order valence-electron chi connectivity index (χ1n) is 12.4. The average Bonchev–Trinajstić information content (AvgIpc) is 3.06. The number of benzene rings is 1. The molecule has 1 saturated heterocycles. The van der Waals surface area contributed by atoms with E-state index >= 15 is 0 Å². The third-order valence-electron chi connectivity index (χ3n) is 6.54. The van der Waals surface area contributed by atoms with Crippen molar-refractivity contribution in [3.05, 3.63) is 45.3 Å². The first kappa shape index (κ1) is 25.4. The Balaban J connectivity index is 1.35. The molecule has 1 unspecified atom stereocenters. The van der Waals surface area contributed by atoms with Crippen molar-refractivity contribution in [3.8, 4) is 0 Å². The minimum Gasteiger partial charge on any atom is -0.295 e. The number of fused-ring (bicyclic) bond motifs is 1. The van der Waals surface area contributed by atoms with Gasteiger partial charge >= 0.3 is 0 Å². The minimum atomic E-state index is -0.925. The number of azide groups is 1. The molecule has 0 aliphatic carbocycles. The SMILES string of the molecule is [N-]=[N+]=NCCCCCCCCCCCCc1ccc2c(c1)C(=O)N(C1CCC(=O)NC1=O)C2=O. The summed E-state index contributed by atoms with van der Waals surface area (Å²) in [6.45, 7) is 0.600. The van der Waals surface area contributed by atoms with Crippen LogP contribution in [-0.4, -0.2) is 41.1 Å². The molecular formula is C25H33N5O4. The van der Waals surface area contributed by atoms with Gasteiger partial charge in [0.2, 0.25) is 11.8 Å². The summed E-state index contributed by atoms with van der Waals surface area (Å²) in [5.74, 6) is -1.87. The summed E-state index contributed by atoms with van der Waals surface area (Å²) >= 11 is 0. The molecule has 0 radical (unpaired) electrons. The van der Waals surface area contributed by atoms with E-state index in [2.05, 4.69) is 15.3 Å². The van der Waals surface area contributed by atoms with Crippen LogP contribution in [0, 0.1) is 0 Å². The number of nitrogens with one attached hydrogen (secondary N) is 1. The van der Waals surface area contributed by atoms with Gasteiger partial charge in [0.05, 0.1) is 11.1 Å². The van der Waals surface area contributed by atoms with Gasteiger partial charge in [0.15, 0.2) is 0 Å². The highest BCUT2D eigenvalue weighted by atomic mass is 16.2. The zero-order chi connectivity index (χ0) is 24.3. The summed E-state index contributed by atoms with van der Waals surface area (Å²) in [6.07, 6.45) is 12.7. The maximum absolute atomic E-state index is 12.9. The highest BCUT2D eigenvalue weighted by Gasteiger charge is 2.44. The molecule has 9 nitrogen and oxygen atoms in total. The summed E-state index contributed by atoms with van der Waals surface area (Å²) in [4.78, 5) is 53.0. The van der Waals surface area contributed by atoms with Crippen LogP contribution >= 0.6 is 0 Å². The van der Waals surface area contributed by atoms with Gasteiger partial charge in [-0.25, -0.2) is 0 Å². The number of piperidine rings is 1. The van der Waals surface area contributed by atoms with Gasteiger partial charge in [-0.2, -0.15) is 0 Å².